The molecule has 1 aromatic carbocycles. The molecule has 0 saturated carbocycles. The van der Waals surface area contributed by atoms with E-state index in [0.29, 0.717) is 0 Å². The number of anilines is 1. The number of amides is 1. The van der Waals surface area contributed by atoms with Gasteiger partial charge in [-0.1, -0.05) is 12.1 Å². The average Bonchev–Trinajstić information content (AvgIpc) is 2.27. The van der Waals surface area contributed by atoms with Crippen LogP contribution in [-0.4, -0.2) is 23.1 Å². The summed E-state index contributed by atoms with van der Waals surface area (Å²) in [5.74, 6) is -0.0725. The van der Waals surface area contributed by atoms with Crippen LogP contribution in [0.3, 0.4) is 0 Å². The van der Waals surface area contributed by atoms with E-state index in [1.165, 1.54) is 0 Å². The molecule has 4 heteroatoms. The van der Waals surface area contributed by atoms with Crippen molar-refractivity contribution >= 4 is 11.6 Å². The molecule has 1 aromatic rings. The monoisotopic (exact) mass is 236 g/mol. The van der Waals surface area contributed by atoms with Gasteiger partial charge in [-0.15, -0.1) is 0 Å². The normalized spacial score (nSPS) is 11.3. The van der Waals surface area contributed by atoms with Gasteiger partial charge < -0.3 is 15.7 Å². The zero-order valence-electron chi connectivity index (χ0n) is 10.6. The molecule has 0 saturated heterocycles. The zero-order chi connectivity index (χ0) is 12.9. The molecule has 0 aromatic heterocycles. The van der Waals surface area contributed by atoms with Gasteiger partial charge in [-0.2, -0.15) is 0 Å². The van der Waals surface area contributed by atoms with Gasteiger partial charge in [0, 0.05) is 11.2 Å². The predicted octanol–water partition coefficient (Wildman–Crippen LogP) is 1.51. The highest BCUT2D eigenvalue weighted by Gasteiger charge is 2.11. The van der Waals surface area contributed by atoms with Crippen LogP contribution in [-0.2, 0) is 11.4 Å². The Balaban J connectivity index is 2.45. The highest BCUT2D eigenvalue weighted by Crippen LogP contribution is 2.09. The number of carbonyl (C=O) groups excluding carboxylic acids is 1. The molecule has 0 spiro atoms. The van der Waals surface area contributed by atoms with Crippen molar-refractivity contribution < 1.29 is 9.90 Å². The van der Waals surface area contributed by atoms with Gasteiger partial charge in [0.15, 0.2) is 0 Å². The Kier molecular flexibility index (Phi) is 4.66. The van der Waals surface area contributed by atoms with E-state index in [2.05, 4.69) is 10.6 Å². The second-order valence-corrected chi connectivity index (χ2v) is 5.01. The van der Waals surface area contributed by atoms with E-state index in [0.717, 1.165) is 11.3 Å². The smallest absolute Gasteiger partial charge is 0.238 e. The molecule has 1 amide bonds. The van der Waals surface area contributed by atoms with Gasteiger partial charge in [0.25, 0.3) is 0 Å². The molecular weight excluding hydrogens is 216 g/mol. The van der Waals surface area contributed by atoms with Crippen LogP contribution in [0.1, 0.15) is 26.3 Å². The number of hydrogen-bond donors (Lipinski definition) is 3. The Morgan fingerprint density at radius 2 is 1.82 bits per heavy atom. The summed E-state index contributed by atoms with van der Waals surface area (Å²) in [4.78, 5) is 11.6. The first-order valence-electron chi connectivity index (χ1n) is 5.65. The Hall–Kier alpha value is -1.39. The first-order chi connectivity index (χ1) is 7.90. The van der Waals surface area contributed by atoms with Crippen LogP contribution in [0.15, 0.2) is 24.3 Å². The quantitative estimate of drug-likeness (QED) is 0.742. The Bertz CT molecular complexity index is 366. The summed E-state index contributed by atoms with van der Waals surface area (Å²) >= 11 is 0. The minimum Gasteiger partial charge on any atom is -0.392 e. The standard InChI is InChI=1S/C13H20N2O2/c1-13(2,3)14-8-12(17)15-11-6-4-10(9-16)5-7-11/h4-7,14,16H,8-9H2,1-3H3,(H,15,17). The number of benzene rings is 1. The molecular formula is C13H20N2O2. The van der Waals surface area contributed by atoms with E-state index < -0.39 is 0 Å². The fraction of sp³-hybridized carbons (Fsp3) is 0.462. The molecule has 3 N–H and O–H groups in total. The third-order valence-electron chi connectivity index (χ3n) is 2.20. The lowest BCUT2D eigenvalue weighted by molar-refractivity contribution is -0.115. The van der Waals surface area contributed by atoms with Crippen molar-refractivity contribution in [1.82, 2.24) is 5.32 Å². The number of aliphatic hydroxyl groups is 1. The van der Waals surface area contributed by atoms with Crippen LogP contribution >= 0.6 is 0 Å². The van der Waals surface area contributed by atoms with Crippen LogP contribution in [0.4, 0.5) is 5.69 Å². The van der Waals surface area contributed by atoms with Gasteiger partial charge in [-0.05, 0) is 38.5 Å². The number of carbonyl (C=O) groups is 1. The van der Waals surface area contributed by atoms with Crippen molar-refractivity contribution in [2.24, 2.45) is 0 Å². The minimum absolute atomic E-state index is 0.0137. The summed E-state index contributed by atoms with van der Waals surface area (Å²) in [5.41, 5.74) is 1.50. The summed E-state index contributed by atoms with van der Waals surface area (Å²) in [6, 6.07) is 7.13. The third kappa shape index (κ3) is 5.47. The Labute approximate surface area is 102 Å². The molecule has 0 aliphatic rings. The van der Waals surface area contributed by atoms with Crippen molar-refractivity contribution in [2.75, 3.05) is 11.9 Å². The van der Waals surface area contributed by atoms with E-state index in [4.69, 9.17) is 5.11 Å². The lowest BCUT2D eigenvalue weighted by atomic mass is 10.1. The summed E-state index contributed by atoms with van der Waals surface area (Å²) in [7, 11) is 0. The van der Waals surface area contributed by atoms with Gasteiger partial charge in [0.05, 0.1) is 13.2 Å². The number of hydrogen-bond acceptors (Lipinski definition) is 3. The molecule has 0 fully saturated rings. The van der Waals surface area contributed by atoms with E-state index >= 15 is 0 Å². The van der Waals surface area contributed by atoms with Gasteiger partial charge in [-0.3, -0.25) is 4.79 Å². The lowest BCUT2D eigenvalue weighted by Crippen LogP contribution is -2.41. The predicted molar refractivity (Wildman–Crippen MR) is 68.8 cm³/mol. The van der Waals surface area contributed by atoms with Crippen LogP contribution in [0.2, 0.25) is 0 Å². The Morgan fingerprint density at radius 1 is 1.24 bits per heavy atom. The first-order valence-corrected chi connectivity index (χ1v) is 5.65. The second-order valence-electron chi connectivity index (χ2n) is 5.01. The first kappa shape index (κ1) is 13.7. The molecule has 17 heavy (non-hydrogen) atoms. The summed E-state index contributed by atoms with van der Waals surface area (Å²) in [5, 5.41) is 14.8. The second kappa shape index (κ2) is 5.80. The zero-order valence-corrected chi connectivity index (χ0v) is 10.6. The van der Waals surface area contributed by atoms with Crippen LogP contribution in [0.5, 0.6) is 0 Å². The summed E-state index contributed by atoms with van der Waals surface area (Å²) < 4.78 is 0. The lowest BCUT2D eigenvalue weighted by Gasteiger charge is -2.20. The molecule has 0 unspecified atom stereocenters. The number of nitrogens with one attached hydrogen (secondary N) is 2. The molecule has 4 nitrogen and oxygen atoms in total. The minimum atomic E-state index is -0.0725. The fourth-order valence-electron chi connectivity index (χ4n) is 1.24. The molecule has 0 radical (unpaired) electrons. The maximum Gasteiger partial charge on any atom is 0.238 e. The molecule has 0 heterocycles. The molecule has 0 atom stereocenters. The van der Waals surface area contributed by atoms with Crippen molar-refractivity contribution in [3.8, 4) is 0 Å². The number of aliphatic hydroxyl groups excluding tert-OH is 1. The van der Waals surface area contributed by atoms with Crippen molar-refractivity contribution in [3.63, 3.8) is 0 Å². The van der Waals surface area contributed by atoms with E-state index in [-0.39, 0.29) is 24.6 Å². The van der Waals surface area contributed by atoms with E-state index in [1.807, 2.05) is 20.8 Å². The highest BCUT2D eigenvalue weighted by atomic mass is 16.3. The van der Waals surface area contributed by atoms with Crippen LogP contribution in [0.25, 0.3) is 0 Å². The van der Waals surface area contributed by atoms with Crippen LogP contribution < -0.4 is 10.6 Å². The van der Waals surface area contributed by atoms with Crippen molar-refractivity contribution in [3.05, 3.63) is 29.8 Å². The van der Waals surface area contributed by atoms with Gasteiger partial charge in [0.2, 0.25) is 5.91 Å². The van der Waals surface area contributed by atoms with Crippen molar-refractivity contribution in [2.45, 2.75) is 32.9 Å². The average molecular weight is 236 g/mol. The topological polar surface area (TPSA) is 61.4 Å². The van der Waals surface area contributed by atoms with E-state index in [9.17, 15) is 4.79 Å². The van der Waals surface area contributed by atoms with Crippen LogP contribution in [0, 0.1) is 0 Å². The molecule has 94 valence electrons. The van der Waals surface area contributed by atoms with Gasteiger partial charge in [0.1, 0.15) is 0 Å². The maximum atomic E-state index is 11.6. The SMILES string of the molecule is CC(C)(C)NCC(=O)Nc1ccc(CO)cc1. The molecule has 0 bridgehead atoms. The molecule has 0 aliphatic carbocycles. The summed E-state index contributed by atoms with van der Waals surface area (Å²) in [6.07, 6.45) is 0. The maximum absolute atomic E-state index is 11.6. The highest BCUT2D eigenvalue weighted by molar-refractivity contribution is 5.92. The Morgan fingerprint density at radius 3 is 2.29 bits per heavy atom. The van der Waals surface area contributed by atoms with Gasteiger partial charge in [-0.25, -0.2) is 0 Å². The third-order valence-corrected chi connectivity index (χ3v) is 2.20. The van der Waals surface area contributed by atoms with E-state index in [1.54, 1.807) is 24.3 Å². The largest absolute Gasteiger partial charge is 0.392 e. The molecule has 1 rings (SSSR count). The fourth-order valence-corrected chi connectivity index (χ4v) is 1.24. The molecule has 0 aliphatic heterocycles. The number of rotatable bonds is 4. The van der Waals surface area contributed by atoms with Crippen molar-refractivity contribution in [1.29, 1.82) is 0 Å². The van der Waals surface area contributed by atoms with Gasteiger partial charge >= 0.3 is 0 Å². The summed E-state index contributed by atoms with van der Waals surface area (Å²) in [6.45, 7) is 6.33.